The fourth-order valence-electron chi connectivity index (χ4n) is 2.17. The molecule has 2 heterocycles. The van der Waals surface area contributed by atoms with Crippen LogP contribution in [0.2, 0.25) is 0 Å². The molecule has 0 saturated carbocycles. The first-order chi connectivity index (χ1) is 9.47. The maximum atomic E-state index is 4.61. The molecule has 0 radical (unpaired) electrons. The number of thiophene rings is 1. The first kappa shape index (κ1) is 15.3. The van der Waals surface area contributed by atoms with Gasteiger partial charge in [0.1, 0.15) is 0 Å². The summed E-state index contributed by atoms with van der Waals surface area (Å²) in [5, 5.41) is 8.10. The number of hydrogen-bond donors (Lipinski definition) is 1. The lowest BCUT2D eigenvalue weighted by Gasteiger charge is -2.05. The molecule has 110 valence electrons. The summed E-state index contributed by atoms with van der Waals surface area (Å²) < 4.78 is 2.11. The predicted molar refractivity (Wildman–Crippen MR) is 86.4 cm³/mol. The van der Waals surface area contributed by atoms with Crippen molar-refractivity contribution in [3.05, 3.63) is 38.8 Å². The highest BCUT2D eigenvalue weighted by Crippen LogP contribution is 2.19. The normalized spacial score (nSPS) is 11.5. The fraction of sp³-hybridized carbons (Fsp3) is 0.562. The minimum atomic E-state index is 0.701. The van der Waals surface area contributed by atoms with Gasteiger partial charge in [-0.05, 0) is 50.9 Å². The molecule has 4 heteroatoms. The zero-order valence-corrected chi connectivity index (χ0v) is 14.0. The second-order valence-electron chi connectivity index (χ2n) is 5.85. The van der Waals surface area contributed by atoms with E-state index < -0.39 is 0 Å². The van der Waals surface area contributed by atoms with E-state index in [0.29, 0.717) is 5.92 Å². The van der Waals surface area contributed by atoms with Crippen molar-refractivity contribution < 1.29 is 0 Å². The second kappa shape index (κ2) is 6.55. The monoisotopic (exact) mass is 291 g/mol. The van der Waals surface area contributed by atoms with Crippen LogP contribution in [0.5, 0.6) is 0 Å². The van der Waals surface area contributed by atoms with E-state index in [1.807, 2.05) is 11.3 Å². The van der Waals surface area contributed by atoms with E-state index in [0.717, 1.165) is 25.3 Å². The van der Waals surface area contributed by atoms with Gasteiger partial charge in [0, 0.05) is 22.0 Å². The van der Waals surface area contributed by atoms with Gasteiger partial charge in [0.05, 0.1) is 12.2 Å². The van der Waals surface area contributed by atoms with Gasteiger partial charge in [0.25, 0.3) is 0 Å². The standard InChI is InChI=1S/C16H25N3S/c1-11(2)8-17-9-15-6-7-16(20-15)10-19-14(5)12(3)13(4)18-19/h6-7,11,17H,8-10H2,1-5H3. The van der Waals surface area contributed by atoms with Crippen molar-refractivity contribution in [3.8, 4) is 0 Å². The molecule has 0 bridgehead atoms. The van der Waals surface area contributed by atoms with Gasteiger partial charge >= 0.3 is 0 Å². The Bertz CT molecular complexity index is 566. The smallest absolute Gasteiger partial charge is 0.0755 e. The highest BCUT2D eigenvalue weighted by atomic mass is 32.1. The lowest BCUT2D eigenvalue weighted by atomic mass is 10.2. The van der Waals surface area contributed by atoms with E-state index >= 15 is 0 Å². The first-order valence-corrected chi connectivity index (χ1v) is 8.08. The third-order valence-electron chi connectivity index (χ3n) is 3.62. The fourth-order valence-corrected chi connectivity index (χ4v) is 3.14. The number of hydrogen-bond acceptors (Lipinski definition) is 3. The molecule has 2 aromatic rings. The molecule has 0 aliphatic carbocycles. The van der Waals surface area contributed by atoms with Crippen LogP contribution in [-0.4, -0.2) is 16.3 Å². The van der Waals surface area contributed by atoms with Gasteiger partial charge in [0.2, 0.25) is 0 Å². The van der Waals surface area contributed by atoms with Crippen molar-refractivity contribution in [2.45, 2.75) is 47.7 Å². The minimum Gasteiger partial charge on any atom is -0.312 e. The van der Waals surface area contributed by atoms with Crippen molar-refractivity contribution in [3.63, 3.8) is 0 Å². The molecule has 0 atom stereocenters. The lowest BCUT2D eigenvalue weighted by molar-refractivity contribution is 0.555. The number of rotatable bonds is 6. The molecule has 0 aliphatic heterocycles. The summed E-state index contributed by atoms with van der Waals surface area (Å²) in [5.74, 6) is 0.701. The highest BCUT2D eigenvalue weighted by Gasteiger charge is 2.09. The number of nitrogens with one attached hydrogen (secondary N) is 1. The van der Waals surface area contributed by atoms with Crippen LogP contribution in [0, 0.1) is 26.7 Å². The molecule has 0 spiro atoms. The Labute approximate surface area is 126 Å². The number of nitrogens with zero attached hydrogens (tertiary/aromatic N) is 2. The summed E-state index contributed by atoms with van der Waals surface area (Å²) >= 11 is 1.88. The van der Waals surface area contributed by atoms with Crippen LogP contribution >= 0.6 is 11.3 Å². The van der Waals surface area contributed by atoms with Gasteiger partial charge in [-0.15, -0.1) is 11.3 Å². The largest absolute Gasteiger partial charge is 0.312 e. The summed E-state index contributed by atoms with van der Waals surface area (Å²) in [6.07, 6.45) is 0. The predicted octanol–water partition coefficient (Wildman–Crippen LogP) is 3.66. The SMILES string of the molecule is Cc1nn(Cc2ccc(CNCC(C)C)s2)c(C)c1C. The summed E-state index contributed by atoms with van der Waals surface area (Å²) in [4.78, 5) is 2.77. The minimum absolute atomic E-state index is 0.701. The molecule has 20 heavy (non-hydrogen) atoms. The van der Waals surface area contributed by atoms with Crippen LogP contribution in [0.4, 0.5) is 0 Å². The molecule has 3 nitrogen and oxygen atoms in total. The maximum Gasteiger partial charge on any atom is 0.0755 e. The molecule has 1 N–H and O–H groups in total. The highest BCUT2D eigenvalue weighted by molar-refractivity contribution is 7.11. The molecular weight excluding hydrogens is 266 g/mol. The summed E-state index contributed by atoms with van der Waals surface area (Å²) in [6, 6.07) is 4.45. The van der Waals surface area contributed by atoms with E-state index in [9.17, 15) is 0 Å². The Kier molecular flexibility index (Phi) is 5.00. The van der Waals surface area contributed by atoms with Crippen molar-refractivity contribution in [1.82, 2.24) is 15.1 Å². The van der Waals surface area contributed by atoms with E-state index in [2.05, 4.69) is 61.8 Å². The third kappa shape index (κ3) is 3.70. The van der Waals surface area contributed by atoms with Gasteiger partial charge in [-0.25, -0.2) is 0 Å². The zero-order chi connectivity index (χ0) is 14.7. The Morgan fingerprint density at radius 3 is 2.50 bits per heavy atom. The topological polar surface area (TPSA) is 29.9 Å². The van der Waals surface area contributed by atoms with Crippen molar-refractivity contribution in [1.29, 1.82) is 0 Å². The van der Waals surface area contributed by atoms with E-state index in [-0.39, 0.29) is 0 Å². The van der Waals surface area contributed by atoms with Crippen molar-refractivity contribution in [2.24, 2.45) is 5.92 Å². The average molecular weight is 291 g/mol. The molecule has 0 aromatic carbocycles. The summed E-state index contributed by atoms with van der Waals surface area (Å²) in [7, 11) is 0. The molecule has 0 fully saturated rings. The van der Waals surface area contributed by atoms with E-state index in [4.69, 9.17) is 0 Å². The zero-order valence-electron chi connectivity index (χ0n) is 13.2. The van der Waals surface area contributed by atoms with Crippen LogP contribution in [0.15, 0.2) is 12.1 Å². The lowest BCUT2D eigenvalue weighted by Crippen LogP contribution is -2.18. The summed E-state index contributed by atoms with van der Waals surface area (Å²) in [6.45, 7) is 13.8. The van der Waals surface area contributed by atoms with Crippen LogP contribution in [0.1, 0.15) is 40.6 Å². The molecule has 0 aliphatic rings. The van der Waals surface area contributed by atoms with Crippen molar-refractivity contribution >= 4 is 11.3 Å². The molecule has 0 unspecified atom stereocenters. The Morgan fingerprint density at radius 2 is 1.90 bits per heavy atom. The Morgan fingerprint density at radius 1 is 1.20 bits per heavy atom. The first-order valence-electron chi connectivity index (χ1n) is 7.26. The van der Waals surface area contributed by atoms with Gasteiger partial charge in [0.15, 0.2) is 0 Å². The van der Waals surface area contributed by atoms with Crippen molar-refractivity contribution in [2.75, 3.05) is 6.54 Å². The van der Waals surface area contributed by atoms with E-state index in [1.165, 1.54) is 21.0 Å². The quantitative estimate of drug-likeness (QED) is 0.880. The molecule has 2 rings (SSSR count). The Hall–Kier alpha value is -1.13. The van der Waals surface area contributed by atoms with Gasteiger partial charge in [-0.3, -0.25) is 4.68 Å². The van der Waals surface area contributed by atoms with Crippen LogP contribution in [0.3, 0.4) is 0 Å². The molecular formula is C16H25N3S. The maximum absolute atomic E-state index is 4.61. The summed E-state index contributed by atoms with van der Waals surface area (Å²) in [5.41, 5.74) is 3.72. The third-order valence-corrected chi connectivity index (χ3v) is 4.69. The van der Waals surface area contributed by atoms with Gasteiger partial charge < -0.3 is 5.32 Å². The number of aromatic nitrogens is 2. The molecule has 2 aromatic heterocycles. The Balaban J connectivity index is 1.97. The van der Waals surface area contributed by atoms with E-state index in [1.54, 1.807) is 0 Å². The van der Waals surface area contributed by atoms with Gasteiger partial charge in [-0.1, -0.05) is 13.8 Å². The van der Waals surface area contributed by atoms with Crippen LogP contribution in [-0.2, 0) is 13.1 Å². The number of aryl methyl sites for hydroxylation is 1. The van der Waals surface area contributed by atoms with Gasteiger partial charge in [-0.2, -0.15) is 5.10 Å². The molecule has 0 saturated heterocycles. The van der Waals surface area contributed by atoms with Crippen LogP contribution < -0.4 is 5.32 Å². The second-order valence-corrected chi connectivity index (χ2v) is 7.10. The average Bonchev–Trinajstić information content (AvgIpc) is 2.91. The van der Waals surface area contributed by atoms with Crippen LogP contribution in [0.25, 0.3) is 0 Å². The molecule has 0 amide bonds.